The first kappa shape index (κ1) is 13.8. The highest BCUT2D eigenvalue weighted by Crippen LogP contribution is 2.30. The average molecular weight is 253 g/mol. The molecular weight excluding hydrogens is 230 g/mol. The van der Waals surface area contributed by atoms with Gasteiger partial charge in [0, 0.05) is 12.0 Å². The van der Waals surface area contributed by atoms with Gasteiger partial charge in [-0.1, -0.05) is 68.4 Å². The van der Waals surface area contributed by atoms with E-state index in [1.54, 1.807) is 0 Å². The van der Waals surface area contributed by atoms with Crippen LogP contribution in [0.4, 0.5) is 0 Å². The highest BCUT2D eigenvalue weighted by molar-refractivity contribution is 5.30. The van der Waals surface area contributed by atoms with Crippen molar-refractivity contribution >= 4 is 0 Å². The van der Waals surface area contributed by atoms with Crippen LogP contribution in [0.1, 0.15) is 42.5 Å². The molecule has 19 heavy (non-hydrogen) atoms. The van der Waals surface area contributed by atoms with Crippen LogP contribution in [0.3, 0.4) is 0 Å². The zero-order valence-corrected chi connectivity index (χ0v) is 12.1. The Morgan fingerprint density at radius 1 is 0.947 bits per heavy atom. The number of hydrogen-bond acceptors (Lipinski definition) is 1. The smallest absolute Gasteiger partial charge is 0.0384 e. The van der Waals surface area contributed by atoms with E-state index in [1.165, 1.54) is 16.7 Å². The maximum atomic E-state index is 3.47. The number of hydrogen-bond donors (Lipinski definition) is 1. The van der Waals surface area contributed by atoms with Gasteiger partial charge in [0.25, 0.3) is 0 Å². The normalized spacial score (nSPS) is 14.1. The summed E-state index contributed by atoms with van der Waals surface area (Å²) in [5, 5.41) is 3.47. The zero-order chi connectivity index (χ0) is 13.7. The fourth-order valence-electron chi connectivity index (χ4n) is 2.66. The SMILES string of the molecule is CCc1cccc(C(NC)C(C)c2ccccc2)c1. The van der Waals surface area contributed by atoms with Gasteiger partial charge in [-0.25, -0.2) is 0 Å². The predicted octanol–water partition coefficient (Wildman–Crippen LogP) is 4.31. The minimum atomic E-state index is 0.355. The van der Waals surface area contributed by atoms with Crippen LogP contribution < -0.4 is 5.32 Å². The van der Waals surface area contributed by atoms with E-state index in [9.17, 15) is 0 Å². The Bertz CT molecular complexity index is 504. The largest absolute Gasteiger partial charge is 0.312 e. The molecule has 0 bridgehead atoms. The molecule has 0 saturated heterocycles. The molecule has 2 rings (SSSR count). The summed E-state index contributed by atoms with van der Waals surface area (Å²) in [5.74, 6) is 0.457. The van der Waals surface area contributed by atoms with Gasteiger partial charge in [-0.2, -0.15) is 0 Å². The van der Waals surface area contributed by atoms with Gasteiger partial charge in [-0.05, 0) is 30.2 Å². The first-order valence-corrected chi connectivity index (χ1v) is 7.07. The van der Waals surface area contributed by atoms with Crippen molar-refractivity contribution in [1.82, 2.24) is 5.32 Å². The summed E-state index contributed by atoms with van der Waals surface area (Å²) in [7, 11) is 2.04. The van der Waals surface area contributed by atoms with Gasteiger partial charge in [-0.3, -0.25) is 0 Å². The molecule has 0 amide bonds. The van der Waals surface area contributed by atoms with E-state index in [2.05, 4.69) is 73.8 Å². The second kappa shape index (κ2) is 6.53. The first-order chi connectivity index (χ1) is 9.26. The van der Waals surface area contributed by atoms with Crippen LogP contribution in [0.5, 0.6) is 0 Å². The third-order valence-electron chi connectivity index (χ3n) is 3.85. The first-order valence-electron chi connectivity index (χ1n) is 7.07. The Morgan fingerprint density at radius 3 is 2.26 bits per heavy atom. The zero-order valence-electron chi connectivity index (χ0n) is 12.1. The molecule has 100 valence electrons. The van der Waals surface area contributed by atoms with E-state index < -0.39 is 0 Å². The Hall–Kier alpha value is -1.60. The molecule has 0 aliphatic rings. The Labute approximate surface area is 116 Å². The summed E-state index contributed by atoms with van der Waals surface area (Å²) in [6.45, 7) is 4.49. The van der Waals surface area contributed by atoms with Crippen molar-refractivity contribution in [3.8, 4) is 0 Å². The van der Waals surface area contributed by atoms with Crippen LogP contribution in [0.25, 0.3) is 0 Å². The highest BCUT2D eigenvalue weighted by atomic mass is 14.9. The Morgan fingerprint density at radius 2 is 1.63 bits per heavy atom. The summed E-state index contributed by atoms with van der Waals surface area (Å²) < 4.78 is 0. The van der Waals surface area contributed by atoms with Gasteiger partial charge in [0.15, 0.2) is 0 Å². The maximum absolute atomic E-state index is 3.47. The van der Waals surface area contributed by atoms with Crippen LogP contribution in [0, 0.1) is 0 Å². The van der Waals surface area contributed by atoms with Crippen LogP contribution in [0.2, 0.25) is 0 Å². The maximum Gasteiger partial charge on any atom is 0.0384 e. The second-order valence-electron chi connectivity index (χ2n) is 5.06. The topological polar surface area (TPSA) is 12.0 Å². The standard InChI is InChI=1S/C18H23N/c1-4-15-9-8-12-17(13-15)18(19-3)14(2)16-10-6-5-7-11-16/h5-14,18-19H,4H2,1-3H3. The fraction of sp³-hybridized carbons (Fsp3) is 0.333. The van der Waals surface area contributed by atoms with Gasteiger partial charge in [0.2, 0.25) is 0 Å². The van der Waals surface area contributed by atoms with Gasteiger partial charge < -0.3 is 5.32 Å². The number of nitrogens with one attached hydrogen (secondary N) is 1. The second-order valence-corrected chi connectivity index (χ2v) is 5.06. The summed E-state index contributed by atoms with van der Waals surface area (Å²) in [5.41, 5.74) is 4.15. The third-order valence-corrected chi connectivity index (χ3v) is 3.85. The molecule has 2 atom stereocenters. The number of benzene rings is 2. The molecule has 0 heterocycles. The number of rotatable bonds is 5. The summed E-state index contributed by atoms with van der Waals surface area (Å²) in [6.07, 6.45) is 1.09. The minimum Gasteiger partial charge on any atom is -0.312 e. The predicted molar refractivity (Wildman–Crippen MR) is 82.5 cm³/mol. The van der Waals surface area contributed by atoms with E-state index in [0.717, 1.165) is 6.42 Å². The molecule has 0 fully saturated rings. The number of aryl methyl sites for hydroxylation is 1. The third kappa shape index (κ3) is 3.24. The fourth-order valence-corrected chi connectivity index (χ4v) is 2.66. The molecule has 0 radical (unpaired) electrons. The van der Waals surface area contributed by atoms with E-state index in [-0.39, 0.29) is 0 Å². The average Bonchev–Trinajstić information content (AvgIpc) is 2.49. The lowest BCUT2D eigenvalue weighted by atomic mass is 9.88. The van der Waals surface area contributed by atoms with E-state index in [0.29, 0.717) is 12.0 Å². The summed E-state index contributed by atoms with van der Waals surface area (Å²) in [6, 6.07) is 20.0. The minimum absolute atomic E-state index is 0.355. The van der Waals surface area contributed by atoms with Gasteiger partial charge >= 0.3 is 0 Å². The Kier molecular flexibility index (Phi) is 4.75. The monoisotopic (exact) mass is 253 g/mol. The van der Waals surface area contributed by atoms with E-state index in [4.69, 9.17) is 0 Å². The Balaban J connectivity index is 2.28. The van der Waals surface area contributed by atoms with Crippen LogP contribution >= 0.6 is 0 Å². The van der Waals surface area contributed by atoms with Gasteiger partial charge in [0.05, 0.1) is 0 Å². The molecule has 2 aromatic carbocycles. The van der Waals surface area contributed by atoms with Crippen molar-refractivity contribution in [1.29, 1.82) is 0 Å². The summed E-state index contributed by atoms with van der Waals surface area (Å²) >= 11 is 0. The molecule has 0 saturated carbocycles. The van der Waals surface area contributed by atoms with Crippen molar-refractivity contribution in [2.24, 2.45) is 0 Å². The molecule has 1 heteroatoms. The van der Waals surface area contributed by atoms with Crippen LogP contribution in [0.15, 0.2) is 54.6 Å². The van der Waals surface area contributed by atoms with E-state index in [1.807, 2.05) is 7.05 Å². The molecule has 0 spiro atoms. The lowest BCUT2D eigenvalue weighted by Gasteiger charge is -2.25. The molecule has 1 nitrogen and oxygen atoms in total. The van der Waals surface area contributed by atoms with Crippen molar-refractivity contribution in [3.63, 3.8) is 0 Å². The lowest BCUT2D eigenvalue weighted by molar-refractivity contribution is 0.507. The van der Waals surface area contributed by atoms with E-state index >= 15 is 0 Å². The van der Waals surface area contributed by atoms with Crippen molar-refractivity contribution < 1.29 is 0 Å². The molecule has 2 unspecified atom stereocenters. The van der Waals surface area contributed by atoms with Crippen molar-refractivity contribution in [3.05, 3.63) is 71.3 Å². The quantitative estimate of drug-likeness (QED) is 0.837. The number of likely N-dealkylation sites (N-methyl/N-ethyl adjacent to an activating group) is 1. The van der Waals surface area contributed by atoms with Crippen molar-refractivity contribution in [2.45, 2.75) is 32.2 Å². The highest BCUT2D eigenvalue weighted by Gasteiger charge is 2.18. The molecule has 2 aromatic rings. The van der Waals surface area contributed by atoms with Crippen LogP contribution in [-0.4, -0.2) is 7.05 Å². The molecule has 0 aliphatic carbocycles. The molecule has 1 N–H and O–H groups in total. The van der Waals surface area contributed by atoms with Crippen LogP contribution in [-0.2, 0) is 6.42 Å². The molecule has 0 aromatic heterocycles. The van der Waals surface area contributed by atoms with Crippen molar-refractivity contribution in [2.75, 3.05) is 7.05 Å². The van der Waals surface area contributed by atoms with Gasteiger partial charge in [0.1, 0.15) is 0 Å². The lowest BCUT2D eigenvalue weighted by Crippen LogP contribution is -2.22. The summed E-state index contributed by atoms with van der Waals surface area (Å²) in [4.78, 5) is 0. The molecular formula is C18H23N. The van der Waals surface area contributed by atoms with Gasteiger partial charge in [-0.15, -0.1) is 0 Å². The molecule has 0 aliphatic heterocycles.